The van der Waals surface area contributed by atoms with E-state index in [0.29, 0.717) is 0 Å². The van der Waals surface area contributed by atoms with Gasteiger partial charge in [0.25, 0.3) is 0 Å². The molecule has 1 unspecified atom stereocenters. The average molecular weight is 473 g/mol. The van der Waals surface area contributed by atoms with Gasteiger partial charge in [-0.05, 0) is 112 Å². The van der Waals surface area contributed by atoms with Crippen molar-refractivity contribution in [2.24, 2.45) is 47.3 Å². The zero-order chi connectivity index (χ0) is 24.2. The van der Waals surface area contributed by atoms with Crippen LogP contribution in [0.2, 0.25) is 0 Å². The average Bonchev–Trinajstić information content (AvgIpc) is 2.74. The second-order valence-electron chi connectivity index (χ2n) is 14.2. The van der Waals surface area contributed by atoms with Gasteiger partial charge in [-0.3, -0.25) is 0 Å². The number of hydrogen-bond acceptors (Lipinski definition) is 2. The van der Waals surface area contributed by atoms with Crippen molar-refractivity contribution in [3.63, 3.8) is 0 Å². The van der Waals surface area contributed by atoms with Gasteiger partial charge in [0, 0.05) is 25.2 Å². The van der Waals surface area contributed by atoms with Crippen molar-refractivity contribution in [3.8, 4) is 0 Å². The molecule has 2 saturated carbocycles. The first-order valence-electron chi connectivity index (χ1n) is 15.8. The van der Waals surface area contributed by atoms with Crippen molar-refractivity contribution in [3.05, 3.63) is 0 Å². The minimum atomic E-state index is 0.852. The van der Waals surface area contributed by atoms with Crippen molar-refractivity contribution in [2.45, 2.75) is 131 Å². The maximum Gasteiger partial charge on any atom is 0.0101 e. The molecule has 2 aliphatic heterocycles. The third-order valence-electron chi connectivity index (χ3n) is 11.1. The van der Waals surface area contributed by atoms with E-state index in [1.54, 1.807) is 0 Å². The van der Waals surface area contributed by atoms with Crippen LogP contribution in [0.5, 0.6) is 0 Å². The molecule has 4 rings (SSSR count). The molecule has 0 aromatic rings. The molecule has 0 bridgehead atoms. The topological polar surface area (TPSA) is 6.48 Å². The minimum Gasteiger partial charge on any atom is -0.300 e. The number of nitrogens with zero attached hydrogens (tertiary/aromatic N) is 2. The van der Waals surface area contributed by atoms with Crippen LogP contribution in [-0.4, -0.2) is 48.1 Å². The second-order valence-corrected chi connectivity index (χ2v) is 14.2. The fourth-order valence-corrected chi connectivity index (χ4v) is 8.50. The van der Waals surface area contributed by atoms with Crippen LogP contribution in [0.15, 0.2) is 0 Å². The summed E-state index contributed by atoms with van der Waals surface area (Å²) in [6.07, 6.45) is 17.7. The highest BCUT2D eigenvalue weighted by atomic mass is 15.2. The van der Waals surface area contributed by atoms with Gasteiger partial charge in [0.05, 0.1) is 0 Å². The molecular weight excluding hydrogens is 412 g/mol. The Balaban J connectivity index is 1.15. The van der Waals surface area contributed by atoms with Crippen LogP contribution in [0.3, 0.4) is 0 Å². The molecule has 2 heterocycles. The van der Waals surface area contributed by atoms with E-state index in [1.165, 1.54) is 103 Å². The highest BCUT2D eigenvalue weighted by molar-refractivity contribution is 4.93. The van der Waals surface area contributed by atoms with E-state index in [2.05, 4.69) is 51.3 Å². The zero-order valence-corrected chi connectivity index (χ0v) is 24.0. The Labute approximate surface area is 214 Å². The lowest BCUT2D eigenvalue weighted by molar-refractivity contribution is -0.000686. The first-order valence-corrected chi connectivity index (χ1v) is 15.8. The van der Waals surface area contributed by atoms with Crippen LogP contribution in [0, 0.1) is 47.3 Å². The normalized spacial score (nSPS) is 37.1. The molecule has 0 radical (unpaired) electrons. The van der Waals surface area contributed by atoms with Crippen LogP contribution in [-0.2, 0) is 0 Å². The zero-order valence-electron chi connectivity index (χ0n) is 24.0. The molecule has 0 aromatic carbocycles. The van der Waals surface area contributed by atoms with E-state index in [-0.39, 0.29) is 0 Å². The summed E-state index contributed by atoms with van der Waals surface area (Å²) < 4.78 is 0. The molecule has 2 saturated heterocycles. The molecule has 0 N–H and O–H groups in total. The lowest BCUT2D eigenvalue weighted by Gasteiger charge is -2.50. The molecule has 198 valence electrons. The summed E-state index contributed by atoms with van der Waals surface area (Å²) in [6, 6.07) is 1.86. The van der Waals surface area contributed by atoms with E-state index in [9.17, 15) is 0 Å². The molecule has 2 aliphatic carbocycles. The number of hydrogen-bond donors (Lipinski definition) is 0. The Morgan fingerprint density at radius 3 is 1.76 bits per heavy atom. The van der Waals surface area contributed by atoms with E-state index in [4.69, 9.17) is 0 Å². The Kier molecular flexibility index (Phi) is 9.87. The summed E-state index contributed by atoms with van der Waals surface area (Å²) in [5.41, 5.74) is 0. The molecule has 0 amide bonds. The van der Waals surface area contributed by atoms with Crippen LogP contribution < -0.4 is 0 Å². The minimum absolute atomic E-state index is 0.852. The number of likely N-dealkylation sites (tertiary alicyclic amines) is 2. The van der Waals surface area contributed by atoms with Gasteiger partial charge < -0.3 is 9.80 Å². The van der Waals surface area contributed by atoms with Gasteiger partial charge in [0.15, 0.2) is 0 Å². The molecule has 34 heavy (non-hydrogen) atoms. The third-order valence-corrected chi connectivity index (χ3v) is 11.1. The molecular formula is C32H60N2. The molecule has 4 aliphatic rings. The number of rotatable bonds is 11. The quantitative estimate of drug-likeness (QED) is 0.299. The van der Waals surface area contributed by atoms with Crippen molar-refractivity contribution >= 4 is 0 Å². The Morgan fingerprint density at radius 1 is 0.706 bits per heavy atom. The van der Waals surface area contributed by atoms with Gasteiger partial charge in [0.1, 0.15) is 0 Å². The molecule has 5 atom stereocenters. The summed E-state index contributed by atoms with van der Waals surface area (Å²) in [6.45, 7) is 20.5. The summed E-state index contributed by atoms with van der Waals surface area (Å²) in [4.78, 5) is 5.79. The van der Waals surface area contributed by atoms with Crippen molar-refractivity contribution in [2.75, 3.05) is 26.2 Å². The van der Waals surface area contributed by atoms with E-state index in [0.717, 1.165) is 59.4 Å². The standard InChI is InChI=1S/C32H60N2/c1-7-9-27-14-17-34(22-31(27)23(2)3)30-19-26(20-30)18-25(6)12-13-28-15-16-33(29-10-8-11-29)21-32(28)24(4)5/h23-32H,7-22H2,1-6H3/t25?,26?,27-,28-,30?,31+,32+/m1/s1. The Bertz CT molecular complexity index is 590. The summed E-state index contributed by atoms with van der Waals surface area (Å²) in [7, 11) is 0. The summed E-state index contributed by atoms with van der Waals surface area (Å²) in [5, 5.41) is 0. The van der Waals surface area contributed by atoms with Crippen LogP contribution in [0.1, 0.15) is 119 Å². The predicted molar refractivity (Wildman–Crippen MR) is 148 cm³/mol. The largest absolute Gasteiger partial charge is 0.300 e. The van der Waals surface area contributed by atoms with Gasteiger partial charge in [0.2, 0.25) is 0 Å². The maximum atomic E-state index is 2.92. The monoisotopic (exact) mass is 472 g/mol. The third kappa shape index (κ3) is 6.62. The van der Waals surface area contributed by atoms with Gasteiger partial charge in [-0.25, -0.2) is 0 Å². The van der Waals surface area contributed by atoms with Crippen LogP contribution in [0.4, 0.5) is 0 Å². The molecule has 4 fully saturated rings. The highest BCUT2D eigenvalue weighted by Gasteiger charge is 2.40. The predicted octanol–water partition coefficient (Wildman–Crippen LogP) is 8.11. The Morgan fingerprint density at radius 2 is 1.26 bits per heavy atom. The van der Waals surface area contributed by atoms with Crippen LogP contribution >= 0.6 is 0 Å². The van der Waals surface area contributed by atoms with Gasteiger partial charge in [-0.2, -0.15) is 0 Å². The Hall–Kier alpha value is -0.0800. The highest BCUT2D eigenvalue weighted by Crippen LogP contribution is 2.42. The lowest BCUT2D eigenvalue weighted by Crippen LogP contribution is -2.52. The molecule has 0 aromatic heterocycles. The summed E-state index contributed by atoms with van der Waals surface area (Å²) in [5.74, 6) is 7.53. The smallest absolute Gasteiger partial charge is 0.0101 e. The van der Waals surface area contributed by atoms with E-state index >= 15 is 0 Å². The van der Waals surface area contributed by atoms with Crippen molar-refractivity contribution < 1.29 is 0 Å². The van der Waals surface area contributed by atoms with Crippen molar-refractivity contribution in [1.82, 2.24) is 9.80 Å². The lowest BCUT2D eigenvalue weighted by atomic mass is 9.70. The van der Waals surface area contributed by atoms with E-state index < -0.39 is 0 Å². The molecule has 0 spiro atoms. The number of piperidine rings is 2. The van der Waals surface area contributed by atoms with Crippen LogP contribution in [0.25, 0.3) is 0 Å². The van der Waals surface area contributed by atoms with Gasteiger partial charge in [-0.15, -0.1) is 0 Å². The molecule has 2 heteroatoms. The SMILES string of the molecule is CCC[C@@H]1CCN(C2CC(CC(C)CC[C@@H]3CCN(C4CCC4)C[C@H]3C(C)C)C2)C[C@H]1C(C)C. The molecule has 2 nitrogen and oxygen atoms in total. The fraction of sp³-hybridized carbons (Fsp3) is 1.00. The van der Waals surface area contributed by atoms with E-state index in [1.807, 2.05) is 0 Å². The summed E-state index contributed by atoms with van der Waals surface area (Å²) >= 11 is 0. The van der Waals surface area contributed by atoms with Crippen molar-refractivity contribution in [1.29, 1.82) is 0 Å². The van der Waals surface area contributed by atoms with Gasteiger partial charge >= 0.3 is 0 Å². The fourth-order valence-electron chi connectivity index (χ4n) is 8.50. The first kappa shape index (κ1) is 27.0. The first-order chi connectivity index (χ1) is 16.4. The maximum absolute atomic E-state index is 2.92. The van der Waals surface area contributed by atoms with Gasteiger partial charge in [-0.1, -0.05) is 67.2 Å². The second kappa shape index (κ2) is 12.4.